The average Bonchev–Trinajstić information content (AvgIpc) is 2.44. The van der Waals surface area contributed by atoms with Gasteiger partial charge in [-0.05, 0) is 38.1 Å². The molecule has 2 unspecified atom stereocenters. The molecule has 2 fully saturated rings. The summed E-state index contributed by atoms with van der Waals surface area (Å²) in [5.74, 6) is 1.15. The maximum atomic E-state index is 12.4. The summed E-state index contributed by atoms with van der Waals surface area (Å²) < 4.78 is 24.8. The molecule has 118 valence electrons. The largest absolute Gasteiger partial charge is 0.313 e. The predicted octanol–water partition coefficient (Wildman–Crippen LogP) is 3.29. The molecule has 0 radical (unpaired) electrons. The van der Waals surface area contributed by atoms with E-state index in [0.717, 1.165) is 44.6 Å². The van der Waals surface area contributed by atoms with Crippen LogP contribution in [0.2, 0.25) is 0 Å². The first-order valence-electron chi connectivity index (χ1n) is 8.58. The van der Waals surface area contributed by atoms with Crippen LogP contribution in [-0.2, 0) is 9.84 Å². The highest BCUT2D eigenvalue weighted by atomic mass is 32.2. The normalized spacial score (nSPS) is 29.1. The first kappa shape index (κ1) is 16.3. The van der Waals surface area contributed by atoms with E-state index in [1.165, 1.54) is 32.1 Å². The maximum Gasteiger partial charge on any atom is 0.154 e. The van der Waals surface area contributed by atoms with E-state index in [4.69, 9.17) is 0 Å². The summed E-state index contributed by atoms with van der Waals surface area (Å²) in [4.78, 5) is 0. The van der Waals surface area contributed by atoms with Gasteiger partial charge in [-0.1, -0.05) is 45.4 Å². The van der Waals surface area contributed by atoms with Crippen molar-refractivity contribution >= 4 is 9.84 Å². The monoisotopic (exact) mass is 301 g/mol. The first-order chi connectivity index (χ1) is 9.63. The predicted molar refractivity (Wildman–Crippen MR) is 84.7 cm³/mol. The van der Waals surface area contributed by atoms with E-state index in [2.05, 4.69) is 12.2 Å². The molecule has 3 nitrogen and oxygen atoms in total. The summed E-state index contributed by atoms with van der Waals surface area (Å²) in [6.45, 7) is 3.10. The second kappa shape index (κ2) is 7.79. The molecule has 1 aliphatic carbocycles. The molecule has 1 N–H and O–H groups in total. The minimum absolute atomic E-state index is 0.121. The highest BCUT2D eigenvalue weighted by Crippen LogP contribution is 2.31. The zero-order valence-corrected chi connectivity index (χ0v) is 13.8. The average molecular weight is 301 g/mol. The van der Waals surface area contributed by atoms with E-state index in [0.29, 0.717) is 5.75 Å². The van der Waals surface area contributed by atoms with Gasteiger partial charge in [0.05, 0.1) is 11.0 Å². The van der Waals surface area contributed by atoms with Crippen LogP contribution in [0, 0.1) is 5.92 Å². The van der Waals surface area contributed by atoms with Gasteiger partial charge < -0.3 is 5.32 Å². The molecule has 2 aliphatic rings. The van der Waals surface area contributed by atoms with Gasteiger partial charge in [-0.25, -0.2) is 8.42 Å². The van der Waals surface area contributed by atoms with Gasteiger partial charge in [0.15, 0.2) is 9.84 Å². The van der Waals surface area contributed by atoms with Crippen molar-refractivity contribution in [3.05, 3.63) is 0 Å². The fraction of sp³-hybridized carbons (Fsp3) is 1.00. The van der Waals surface area contributed by atoms with Crippen LogP contribution >= 0.6 is 0 Å². The Morgan fingerprint density at radius 2 is 1.75 bits per heavy atom. The second-order valence-electron chi connectivity index (χ2n) is 6.70. The molecule has 20 heavy (non-hydrogen) atoms. The van der Waals surface area contributed by atoms with Gasteiger partial charge in [-0.3, -0.25) is 0 Å². The Bertz CT molecular complexity index is 374. The SMILES string of the molecule is CCCNC(CC1CCCCC1)C1CCCCS1(=O)=O. The molecule has 4 heteroatoms. The van der Waals surface area contributed by atoms with Crippen molar-refractivity contribution in [2.45, 2.75) is 82.4 Å². The fourth-order valence-electron chi connectivity index (χ4n) is 3.91. The van der Waals surface area contributed by atoms with E-state index < -0.39 is 9.84 Å². The van der Waals surface area contributed by atoms with E-state index >= 15 is 0 Å². The molecular weight excluding hydrogens is 270 g/mol. The highest BCUT2D eigenvalue weighted by molar-refractivity contribution is 7.92. The van der Waals surface area contributed by atoms with E-state index in [1.807, 2.05) is 0 Å². The Morgan fingerprint density at radius 3 is 2.40 bits per heavy atom. The van der Waals surface area contributed by atoms with Crippen LogP contribution in [0.3, 0.4) is 0 Å². The van der Waals surface area contributed by atoms with Gasteiger partial charge in [0, 0.05) is 6.04 Å². The van der Waals surface area contributed by atoms with Crippen molar-refractivity contribution in [1.29, 1.82) is 0 Å². The first-order valence-corrected chi connectivity index (χ1v) is 10.3. The van der Waals surface area contributed by atoms with Crippen LogP contribution in [0.5, 0.6) is 0 Å². The Labute approximate surface area is 124 Å². The molecule has 0 aromatic rings. The highest BCUT2D eigenvalue weighted by Gasteiger charge is 2.36. The Hall–Kier alpha value is -0.0900. The lowest BCUT2D eigenvalue weighted by molar-refractivity contribution is 0.286. The van der Waals surface area contributed by atoms with E-state index in [1.54, 1.807) is 0 Å². The van der Waals surface area contributed by atoms with Crippen LogP contribution in [0.25, 0.3) is 0 Å². The quantitative estimate of drug-likeness (QED) is 0.819. The van der Waals surface area contributed by atoms with Gasteiger partial charge in [0.2, 0.25) is 0 Å². The molecule has 0 aromatic carbocycles. The van der Waals surface area contributed by atoms with Crippen molar-refractivity contribution < 1.29 is 8.42 Å². The molecule has 0 aromatic heterocycles. The number of hydrogen-bond acceptors (Lipinski definition) is 3. The number of sulfone groups is 1. The molecule has 2 rings (SSSR count). The van der Waals surface area contributed by atoms with Gasteiger partial charge in [-0.15, -0.1) is 0 Å². The van der Waals surface area contributed by atoms with Crippen LogP contribution < -0.4 is 5.32 Å². The van der Waals surface area contributed by atoms with Crippen LogP contribution in [0.4, 0.5) is 0 Å². The molecule has 0 amide bonds. The van der Waals surface area contributed by atoms with Crippen molar-refractivity contribution in [2.75, 3.05) is 12.3 Å². The van der Waals surface area contributed by atoms with Gasteiger partial charge in [0.1, 0.15) is 0 Å². The smallest absolute Gasteiger partial charge is 0.154 e. The molecule has 2 atom stereocenters. The van der Waals surface area contributed by atoms with Gasteiger partial charge >= 0.3 is 0 Å². The third kappa shape index (κ3) is 4.45. The molecular formula is C16H31NO2S. The van der Waals surface area contributed by atoms with Crippen molar-refractivity contribution in [3.8, 4) is 0 Å². The summed E-state index contributed by atoms with van der Waals surface area (Å²) in [5.41, 5.74) is 0. The van der Waals surface area contributed by atoms with Crippen molar-refractivity contribution in [1.82, 2.24) is 5.32 Å². The second-order valence-corrected chi connectivity index (χ2v) is 9.04. The lowest BCUT2D eigenvalue weighted by Gasteiger charge is -2.34. The van der Waals surface area contributed by atoms with Crippen molar-refractivity contribution in [2.24, 2.45) is 5.92 Å². The lowest BCUT2D eigenvalue weighted by Crippen LogP contribution is -2.48. The minimum Gasteiger partial charge on any atom is -0.313 e. The third-order valence-corrected chi connectivity index (χ3v) is 7.39. The summed E-state index contributed by atoms with van der Waals surface area (Å²) in [6.07, 6.45) is 11.6. The van der Waals surface area contributed by atoms with Gasteiger partial charge in [-0.2, -0.15) is 0 Å². The van der Waals surface area contributed by atoms with Crippen molar-refractivity contribution in [3.63, 3.8) is 0 Å². The Morgan fingerprint density at radius 1 is 1.05 bits per heavy atom. The molecule has 1 saturated heterocycles. The van der Waals surface area contributed by atoms with Crippen LogP contribution in [-0.4, -0.2) is 32.0 Å². The standard InChI is InChI=1S/C16H31NO2S/c1-2-11-17-15(13-14-8-4-3-5-9-14)16-10-6-7-12-20(16,18)19/h14-17H,2-13H2,1H3. The maximum absolute atomic E-state index is 12.4. The van der Waals surface area contributed by atoms with E-state index in [9.17, 15) is 8.42 Å². The molecule has 1 heterocycles. The van der Waals surface area contributed by atoms with E-state index in [-0.39, 0.29) is 11.3 Å². The topological polar surface area (TPSA) is 46.2 Å². The van der Waals surface area contributed by atoms with Gasteiger partial charge in [0.25, 0.3) is 0 Å². The zero-order valence-electron chi connectivity index (χ0n) is 12.9. The summed E-state index contributed by atoms with van der Waals surface area (Å²) in [5, 5.41) is 3.44. The van der Waals surface area contributed by atoms with Crippen LogP contribution in [0.15, 0.2) is 0 Å². The third-order valence-electron chi connectivity index (χ3n) is 5.05. The number of nitrogens with one attached hydrogen (secondary N) is 1. The number of rotatable bonds is 6. The lowest BCUT2D eigenvalue weighted by atomic mass is 9.83. The molecule has 1 aliphatic heterocycles. The summed E-state index contributed by atoms with van der Waals surface area (Å²) in [7, 11) is -2.87. The minimum atomic E-state index is -2.87. The number of hydrogen-bond donors (Lipinski definition) is 1. The zero-order chi connectivity index (χ0) is 14.4. The molecule has 0 bridgehead atoms. The van der Waals surface area contributed by atoms with Crippen LogP contribution in [0.1, 0.15) is 71.1 Å². The molecule has 1 saturated carbocycles. The summed E-state index contributed by atoms with van der Waals surface area (Å²) in [6, 6.07) is 0.198. The Balaban J connectivity index is 2.01. The Kier molecular flexibility index (Phi) is 6.34. The fourth-order valence-corrected chi connectivity index (χ4v) is 6.05. The summed E-state index contributed by atoms with van der Waals surface area (Å²) >= 11 is 0. The molecule has 0 spiro atoms.